The van der Waals surface area contributed by atoms with Gasteiger partial charge in [-0.1, -0.05) is 6.92 Å². The Morgan fingerprint density at radius 2 is 2.50 bits per heavy atom. The fourth-order valence-corrected chi connectivity index (χ4v) is 2.78. The van der Waals surface area contributed by atoms with Gasteiger partial charge in [-0.25, -0.2) is 0 Å². The van der Waals surface area contributed by atoms with Crippen molar-refractivity contribution in [3.8, 4) is 0 Å². The molecule has 0 atom stereocenters. The van der Waals surface area contributed by atoms with Crippen LogP contribution in [0.25, 0.3) is 9.40 Å². The number of aromatic nitrogens is 1. The summed E-state index contributed by atoms with van der Waals surface area (Å²) >= 11 is 3.45. The summed E-state index contributed by atoms with van der Waals surface area (Å²) in [5.41, 5.74) is 0. The Morgan fingerprint density at radius 3 is 3.20 bits per heavy atom. The highest BCUT2D eigenvalue weighted by atomic mass is 32.2. The molecule has 0 aromatic carbocycles. The van der Waals surface area contributed by atoms with Crippen molar-refractivity contribution in [2.24, 2.45) is 0 Å². The summed E-state index contributed by atoms with van der Waals surface area (Å²) in [6.45, 7) is 2.18. The van der Waals surface area contributed by atoms with Crippen LogP contribution in [-0.2, 0) is 6.42 Å². The fraction of sp³-hybridized carbons (Fsp3) is 0.286. The Labute approximate surface area is 67.5 Å². The van der Waals surface area contributed by atoms with Gasteiger partial charge in [0.25, 0.3) is 0 Å². The van der Waals surface area contributed by atoms with E-state index in [2.05, 4.69) is 17.4 Å². The highest BCUT2D eigenvalue weighted by Gasteiger charge is 2.00. The first-order chi connectivity index (χ1) is 4.90. The van der Waals surface area contributed by atoms with Crippen molar-refractivity contribution >= 4 is 32.3 Å². The van der Waals surface area contributed by atoms with Gasteiger partial charge in [0.05, 0.1) is 0 Å². The van der Waals surface area contributed by atoms with Crippen LogP contribution in [0.3, 0.4) is 0 Å². The standard InChI is InChI=1S/C7H7NS2/c1-2-6-3-5-4-8-10-7(5)9-6/h3-4H,2H2,1H3. The van der Waals surface area contributed by atoms with Crippen molar-refractivity contribution in [2.45, 2.75) is 13.3 Å². The number of rotatable bonds is 1. The molecule has 2 aromatic heterocycles. The number of aryl methyl sites for hydroxylation is 1. The zero-order valence-electron chi connectivity index (χ0n) is 5.63. The van der Waals surface area contributed by atoms with Crippen LogP contribution < -0.4 is 0 Å². The van der Waals surface area contributed by atoms with E-state index in [-0.39, 0.29) is 0 Å². The van der Waals surface area contributed by atoms with Gasteiger partial charge in [-0.2, -0.15) is 4.37 Å². The number of fused-ring (bicyclic) bond motifs is 1. The van der Waals surface area contributed by atoms with E-state index < -0.39 is 0 Å². The van der Waals surface area contributed by atoms with Crippen LogP contribution >= 0.6 is 22.9 Å². The van der Waals surface area contributed by atoms with Crippen LogP contribution in [0.5, 0.6) is 0 Å². The second-order valence-electron chi connectivity index (χ2n) is 2.13. The predicted octanol–water partition coefficient (Wildman–Crippen LogP) is 2.92. The van der Waals surface area contributed by atoms with E-state index >= 15 is 0 Å². The molecule has 1 nitrogen and oxygen atoms in total. The maximum Gasteiger partial charge on any atom is 0.107 e. The lowest BCUT2D eigenvalue weighted by atomic mass is 10.3. The minimum absolute atomic E-state index is 1.14. The lowest BCUT2D eigenvalue weighted by molar-refractivity contribution is 1.19. The molecule has 0 saturated carbocycles. The summed E-state index contributed by atoms with van der Waals surface area (Å²) in [7, 11) is 0. The van der Waals surface area contributed by atoms with Gasteiger partial charge in [-0.05, 0) is 24.0 Å². The van der Waals surface area contributed by atoms with E-state index in [9.17, 15) is 0 Å². The molecule has 2 heterocycles. The molecule has 2 aromatic rings. The first kappa shape index (κ1) is 6.31. The van der Waals surface area contributed by atoms with E-state index in [1.54, 1.807) is 11.5 Å². The molecule has 10 heavy (non-hydrogen) atoms. The van der Waals surface area contributed by atoms with Crippen LogP contribution in [0.1, 0.15) is 11.8 Å². The normalized spacial score (nSPS) is 10.9. The average Bonchev–Trinajstić information content (AvgIpc) is 2.42. The van der Waals surface area contributed by atoms with Gasteiger partial charge in [-0.3, -0.25) is 0 Å². The van der Waals surface area contributed by atoms with Crippen molar-refractivity contribution in [2.75, 3.05) is 0 Å². The molecule has 0 fully saturated rings. The molecule has 2 rings (SSSR count). The van der Waals surface area contributed by atoms with Crippen LogP contribution in [0.2, 0.25) is 0 Å². The molecule has 0 aliphatic carbocycles. The van der Waals surface area contributed by atoms with Gasteiger partial charge in [0, 0.05) is 16.5 Å². The smallest absolute Gasteiger partial charge is 0.107 e. The first-order valence-electron chi connectivity index (χ1n) is 3.23. The van der Waals surface area contributed by atoms with Crippen LogP contribution in [-0.4, -0.2) is 4.37 Å². The van der Waals surface area contributed by atoms with Crippen LogP contribution in [0.4, 0.5) is 0 Å². The third-order valence-electron chi connectivity index (χ3n) is 1.45. The molecule has 0 amide bonds. The molecule has 0 spiro atoms. The Balaban J connectivity index is 2.67. The van der Waals surface area contributed by atoms with E-state index in [4.69, 9.17) is 0 Å². The van der Waals surface area contributed by atoms with Crippen molar-refractivity contribution < 1.29 is 0 Å². The minimum atomic E-state index is 1.14. The van der Waals surface area contributed by atoms with Crippen molar-refractivity contribution in [1.29, 1.82) is 0 Å². The summed E-state index contributed by atoms with van der Waals surface area (Å²) in [5.74, 6) is 0. The van der Waals surface area contributed by atoms with Gasteiger partial charge >= 0.3 is 0 Å². The molecule has 0 N–H and O–H groups in total. The summed E-state index contributed by atoms with van der Waals surface area (Å²) in [5, 5.41) is 1.31. The van der Waals surface area contributed by atoms with Crippen LogP contribution in [0, 0.1) is 0 Å². The number of hydrogen-bond donors (Lipinski definition) is 0. The second-order valence-corrected chi connectivity index (χ2v) is 4.33. The van der Waals surface area contributed by atoms with Crippen LogP contribution in [0.15, 0.2) is 12.3 Å². The highest BCUT2D eigenvalue weighted by molar-refractivity contribution is 7.36. The van der Waals surface area contributed by atoms with Gasteiger partial charge in [0.15, 0.2) is 0 Å². The monoisotopic (exact) mass is 169 g/mol. The second kappa shape index (κ2) is 2.32. The molecule has 0 bridgehead atoms. The largest absolute Gasteiger partial charge is 0.199 e. The van der Waals surface area contributed by atoms with E-state index in [0.717, 1.165) is 6.42 Å². The van der Waals surface area contributed by atoms with Crippen molar-refractivity contribution in [1.82, 2.24) is 4.37 Å². The van der Waals surface area contributed by atoms with E-state index in [0.29, 0.717) is 0 Å². The average molecular weight is 169 g/mol. The number of hydrogen-bond acceptors (Lipinski definition) is 3. The zero-order valence-corrected chi connectivity index (χ0v) is 7.26. The van der Waals surface area contributed by atoms with Crippen molar-refractivity contribution in [3.05, 3.63) is 17.1 Å². The molecule has 0 unspecified atom stereocenters. The summed E-state index contributed by atoms with van der Waals surface area (Å²) in [6, 6.07) is 2.23. The molecule has 52 valence electrons. The summed E-state index contributed by atoms with van der Waals surface area (Å²) in [4.78, 5) is 1.46. The van der Waals surface area contributed by atoms with Gasteiger partial charge in [-0.15, -0.1) is 11.3 Å². The van der Waals surface area contributed by atoms with Crippen molar-refractivity contribution in [3.63, 3.8) is 0 Å². The quantitative estimate of drug-likeness (QED) is 0.639. The minimum Gasteiger partial charge on any atom is -0.199 e. The molecular weight excluding hydrogens is 162 g/mol. The third kappa shape index (κ3) is 0.859. The van der Waals surface area contributed by atoms with Gasteiger partial charge in [0.2, 0.25) is 0 Å². The Kier molecular flexibility index (Phi) is 1.47. The molecule has 3 heteroatoms. The highest BCUT2D eigenvalue weighted by Crippen LogP contribution is 2.28. The van der Waals surface area contributed by atoms with E-state index in [1.165, 1.54) is 14.3 Å². The fourth-order valence-electron chi connectivity index (χ4n) is 0.906. The Bertz CT molecular complexity index is 305. The maximum atomic E-state index is 4.09. The molecule has 0 aliphatic rings. The Hall–Kier alpha value is -0.410. The number of thiophene rings is 1. The topological polar surface area (TPSA) is 12.9 Å². The lowest BCUT2D eigenvalue weighted by Crippen LogP contribution is -1.64. The third-order valence-corrected chi connectivity index (χ3v) is 3.63. The SMILES string of the molecule is CCc1cc2cnsc2s1. The number of nitrogens with zero attached hydrogens (tertiary/aromatic N) is 1. The zero-order chi connectivity index (χ0) is 6.97. The lowest BCUT2D eigenvalue weighted by Gasteiger charge is -1.80. The van der Waals surface area contributed by atoms with E-state index in [1.807, 2.05) is 17.5 Å². The molecular formula is C7H7NS2. The van der Waals surface area contributed by atoms with Gasteiger partial charge in [0.1, 0.15) is 4.01 Å². The first-order valence-corrected chi connectivity index (χ1v) is 4.82. The molecule has 0 saturated heterocycles. The molecule has 0 aliphatic heterocycles. The maximum absolute atomic E-state index is 4.09. The summed E-state index contributed by atoms with van der Waals surface area (Å²) in [6.07, 6.45) is 3.09. The Morgan fingerprint density at radius 1 is 1.60 bits per heavy atom. The predicted molar refractivity (Wildman–Crippen MR) is 46.9 cm³/mol. The van der Waals surface area contributed by atoms with Gasteiger partial charge < -0.3 is 0 Å². The molecule has 0 radical (unpaired) electrons. The summed E-state index contributed by atoms with van der Waals surface area (Å²) < 4.78 is 5.45.